The Morgan fingerprint density at radius 1 is 1.10 bits per heavy atom. The molecule has 0 saturated heterocycles. The molecule has 2 aromatic rings. The zero-order chi connectivity index (χ0) is 14.5. The van der Waals surface area contributed by atoms with Gasteiger partial charge in [0.15, 0.2) is 0 Å². The summed E-state index contributed by atoms with van der Waals surface area (Å²) in [4.78, 5) is 11.8. The lowest BCUT2D eigenvalue weighted by Crippen LogP contribution is -2.17. The van der Waals surface area contributed by atoms with Crippen LogP contribution in [-0.2, 0) is 0 Å². The Morgan fingerprint density at radius 3 is 2.60 bits per heavy atom. The van der Waals surface area contributed by atoms with Gasteiger partial charge in [-0.15, -0.1) is 0 Å². The highest BCUT2D eigenvalue weighted by molar-refractivity contribution is 6.43. The predicted molar refractivity (Wildman–Crippen MR) is 83.0 cm³/mol. The minimum absolute atomic E-state index is 0.359. The fraction of sp³-hybridized carbons (Fsp3) is 0. The van der Waals surface area contributed by atoms with E-state index in [0.29, 0.717) is 26.2 Å². The maximum atomic E-state index is 11.8. The van der Waals surface area contributed by atoms with E-state index in [-0.39, 0.29) is 5.91 Å². The Hall–Kier alpha value is -1.55. The first-order chi connectivity index (χ1) is 9.58. The van der Waals surface area contributed by atoms with Crippen molar-refractivity contribution < 1.29 is 4.79 Å². The smallest absolute Gasteiger partial charge is 0.267 e. The highest BCUT2D eigenvalue weighted by atomic mass is 35.5. The molecule has 1 N–H and O–H groups in total. The Morgan fingerprint density at radius 2 is 1.85 bits per heavy atom. The van der Waals surface area contributed by atoms with Crippen LogP contribution in [0.25, 0.3) is 0 Å². The van der Waals surface area contributed by atoms with Crippen LogP contribution in [0.4, 0.5) is 0 Å². The van der Waals surface area contributed by atoms with Crippen molar-refractivity contribution in [2.24, 2.45) is 5.10 Å². The highest BCUT2D eigenvalue weighted by Crippen LogP contribution is 2.24. The van der Waals surface area contributed by atoms with Crippen molar-refractivity contribution in [2.75, 3.05) is 0 Å². The fourth-order valence-corrected chi connectivity index (χ4v) is 2.02. The Balaban J connectivity index is 2.07. The number of nitrogens with one attached hydrogen (secondary N) is 1. The number of hydrazone groups is 1. The molecule has 0 atom stereocenters. The lowest BCUT2D eigenvalue weighted by Gasteiger charge is -2.01. The van der Waals surface area contributed by atoms with Gasteiger partial charge in [-0.05, 0) is 24.3 Å². The third-order valence-electron chi connectivity index (χ3n) is 2.44. The second kappa shape index (κ2) is 6.75. The molecule has 0 aliphatic carbocycles. The molecule has 0 aliphatic heterocycles. The number of hydrogen-bond donors (Lipinski definition) is 1. The molecule has 0 fully saturated rings. The summed E-state index contributed by atoms with van der Waals surface area (Å²) in [6.07, 6.45) is 1.43. The van der Waals surface area contributed by atoms with Crippen LogP contribution < -0.4 is 5.43 Å². The van der Waals surface area contributed by atoms with Crippen molar-refractivity contribution in [3.63, 3.8) is 0 Å². The van der Waals surface area contributed by atoms with Crippen molar-refractivity contribution in [3.8, 4) is 0 Å². The van der Waals surface area contributed by atoms with Crippen LogP contribution in [0.2, 0.25) is 15.1 Å². The Labute approximate surface area is 131 Å². The monoisotopic (exact) mass is 326 g/mol. The molecule has 3 nitrogen and oxygen atoms in total. The minimum Gasteiger partial charge on any atom is -0.267 e. The van der Waals surface area contributed by atoms with E-state index < -0.39 is 0 Å². The number of carbonyl (C=O) groups excluding carboxylic acids is 1. The SMILES string of the molecule is O=C(NN=Cc1cccc(Cl)c1Cl)c1cccc(Cl)c1. The second-order valence-electron chi connectivity index (χ2n) is 3.85. The number of halogens is 3. The van der Waals surface area contributed by atoms with Gasteiger partial charge in [0.25, 0.3) is 5.91 Å². The van der Waals surface area contributed by atoms with Crippen LogP contribution in [0.5, 0.6) is 0 Å². The molecule has 0 heterocycles. The first-order valence-electron chi connectivity index (χ1n) is 5.61. The van der Waals surface area contributed by atoms with E-state index in [4.69, 9.17) is 34.8 Å². The second-order valence-corrected chi connectivity index (χ2v) is 5.07. The van der Waals surface area contributed by atoms with Gasteiger partial charge in [-0.25, -0.2) is 5.43 Å². The van der Waals surface area contributed by atoms with E-state index >= 15 is 0 Å². The first-order valence-corrected chi connectivity index (χ1v) is 6.74. The number of nitrogens with zero attached hydrogens (tertiary/aromatic N) is 1. The molecular weight excluding hydrogens is 319 g/mol. The van der Waals surface area contributed by atoms with E-state index in [1.165, 1.54) is 6.21 Å². The van der Waals surface area contributed by atoms with E-state index in [9.17, 15) is 4.79 Å². The maximum Gasteiger partial charge on any atom is 0.271 e. The zero-order valence-electron chi connectivity index (χ0n) is 10.1. The molecule has 2 aromatic carbocycles. The number of carbonyl (C=O) groups is 1. The van der Waals surface area contributed by atoms with Gasteiger partial charge in [-0.2, -0.15) is 5.10 Å². The summed E-state index contributed by atoms with van der Waals surface area (Å²) in [7, 11) is 0. The van der Waals surface area contributed by atoms with Gasteiger partial charge in [0.05, 0.1) is 16.3 Å². The van der Waals surface area contributed by atoms with E-state index in [1.54, 1.807) is 42.5 Å². The van der Waals surface area contributed by atoms with Crippen molar-refractivity contribution in [2.45, 2.75) is 0 Å². The maximum absolute atomic E-state index is 11.8. The molecule has 20 heavy (non-hydrogen) atoms. The van der Waals surface area contributed by atoms with Crippen LogP contribution in [0.3, 0.4) is 0 Å². The zero-order valence-corrected chi connectivity index (χ0v) is 12.4. The van der Waals surface area contributed by atoms with Gasteiger partial charge in [-0.1, -0.05) is 53.0 Å². The molecule has 102 valence electrons. The van der Waals surface area contributed by atoms with Crippen molar-refractivity contribution in [3.05, 3.63) is 68.7 Å². The predicted octanol–water partition coefficient (Wildman–Crippen LogP) is 4.41. The van der Waals surface area contributed by atoms with Crippen molar-refractivity contribution in [1.29, 1.82) is 0 Å². The topological polar surface area (TPSA) is 41.5 Å². The van der Waals surface area contributed by atoms with Gasteiger partial charge in [0.1, 0.15) is 0 Å². The van der Waals surface area contributed by atoms with Crippen LogP contribution in [0, 0.1) is 0 Å². The average Bonchev–Trinajstić information content (AvgIpc) is 2.43. The van der Waals surface area contributed by atoms with Crippen molar-refractivity contribution >= 4 is 46.9 Å². The van der Waals surface area contributed by atoms with Gasteiger partial charge in [0, 0.05) is 16.1 Å². The molecule has 0 aromatic heterocycles. The molecule has 0 unspecified atom stereocenters. The summed E-state index contributed by atoms with van der Waals surface area (Å²) in [5.74, 6) is -0.359. The quantitative estimate of drug-likeness (QED) is 0.658. The summed E-state index contributed by atoms with van der Waals surface area (Å²) in [6, 6.07) is 11.7. The Kier molecular flexibility index (Phi) is 5.01. The summed E-state index contributed by atoms with van der Waals surface area (Å²) in [5, 5.41) is 5.14. The third kappa shape index (κ3) is 3.73. The molecule has 0 spiro atoms. The number of hydrogen-bond acceptors (Lipinski definition) is 2. The van der Waals surface area contributed by atoms with E-state index in [1.807, 2.05) is 0 Å². The first kappa shape index (κ1) is 14.9. The Bertz CT molecular complexity index is 671. The van der Waals surface area contributed by atoms with Crippen LogP contribution >= 0.6 is 34.8 Å². The molecule has 2 rings (SSSR count). The summed E-state index contributed by atoms with van der Waals surface area (Å²) in [5.41, 5.74) is 3.43. The molecule has 0 saturated carbocycles. The standard InChI is InChI=1S/C14H9Cl3N2O/c15-11-5-1-3-9(7-11)14(20)19-18-8-10-4-2-6-12(16)13(10)17/h1-8H,(H,19,20). The third-order valence-corrected chi connectivity index (χ3v) is 3.51. The number of amides is 1. The molecule has 1 amide bonds. The van der Waals surface area contributed by atoms with E-state index in [0.717, 1.165) is 0 Å². The molecule has 0 aliphatic rings. The number of benzene rings is 2. The molecular formula is C14H9Cl3N2O. The lowest BCUT2D eigenvalue weighted by atomic mass is 10.2. The fourth-order valence-electron chi connectivity index (χ4n) is 1.47. The van der Waals surface area contributed by atoms with Gasteiger partial charge in [0.2, 0.25) is 0 Å². The van der Waals surface area contributed by atoms with Crippen LogP contribution in [0.1, 0.15) is 15.9 Å². The van der Waals surface area contributed by atoms with Gasteiger partial charge < -0.3 is 0 Å². The average molecular weight is 328 g/mol. The van der Waals surface area contributed by atoms with Crippen LogP contribution in [0.15, 0.2) is 47.6 Å². The summed E-state index contributed by atoms with van der Waals surface area (Å²) in [6.45, 7) is 0. The number of rotatable bonds is 3. The molecule has 0 radical (unpaired) electrons. The summed E-state index contributed by atoms with van der Waals surface area (Å²) >= 11 is 17.7. The highest BCUT2D eigenvalue weighted by Gasteiger charge is 2.05. The van der Waals surface area contributed by atoms with E-state index in [2.05, 4.69) is 10.5 Å². The minimum atomic E-state index is -0.359. The largest absolute Gasteiger partial charge is 0.271 e. The molecule has 6 heteroatoms. The van der Waals surface area contributed by atoms with Gasteiger partial charge in [-0.3, -0.25) is 4.79 Å². The van der Waals surface area contributed by atoms with Crippen LogP contribution in [-0.4, -0.2) is 12.1 Å². The summed E-state index contributed by atoms with van der Waals surface area (Å²) < 4.78 is 0. The van der Waals surface area contributed by atoms with Crippen molar-refractivity contribution in [1.82, 2.24) is 5.43 Å². The van der Waals surface area contributed by atoms with Gasteiger partial charge >= 0.3 is 0 Å². The normalized spacial score (nSPS) is 10.8. The molecule has 0 bridgehead atoms. The lowest BCUT2D eigenvalue weighted by molar-refractivity contribution is 0.0955.